The van der Waals surface area contributed by atoms with Crippen molar-refractivity contribution in [2.24, 2.45) is 0 Å². The van der Waals surface area contributed by atoms with Crippen LogP contribution in [-0.2, 0) is 4.74 Å². The number of benzene rings is 1. The van der Waals surface area contributed by atoms with Crippen molar-refractivity contribution < 1.29 is 23.8 Å². The largest absolute Gasteiger partial charge is 0.495 e. The lowest BCUT2D eigenvalue weighted by Crippen LogP contribution is -2.42. The normalized spacial score (nSPS) is 15.6. The second kappa shape index (κ2) is 7.23. The zero-order valence-electron chi connectivity index (χ0n) is 13.2. The molecule has 0 bridgehead atoms. The molecule has 0 unspecified atom stereocenters. The molecule has 1 aromatic carbocycles. The number of hydrogen-bond acceptors (Lipinski definition) is 7. The van der Waals surface area contributed by atoms with Crippen molar-refractivity contribution in [3.8, 4) is 11.5 Å². The van der Waals surface area contributed by atoms with Gasteiger partial charge in [-0.3, -0.25) is 4.79 Å². The lowest BCUT2D eigenvalue weighted by molar-refractivity contribution is 0.0522. The van der Waals surface area contributed by atoms with Gasteiger partial charge in [0.05, 0.1) is 18.7 Å². The first kappa shape index (κ1) is 18.3. The molecule has 5 nitrogen and oxygen atoms in total. The standard InChI is InChI=1S/C15H17ClO5S2/c1-5-20-14(18)8-6-9(16)12-10(11(8)19-2)13(17)15(22-3,23-4)7-21-12/h6H,5,7H2,1-4H3. The molecular formula is C15H17ClO5S2. The van der Waals surface area contributed by atoms with Gasteiger partial charge in [-0.15, -0.1) is 23.5 Å². The van der Waals surface area contributed by atoms with E-state index >= 15 is 0 Å². The van der Waals surface area contributed by atoms with Gasteiger partial charge < -0.3 is 14.2 Å². The molecule has 0 atom stereocenters. The first-order chi connectivity index (χ1) is 11.0. The van der Waals surface area contributed by atoms with E-state index in [2.05, 4.69) is 0 Å². The Morgan fingerprint density at radius 2 is 2.09 bits per heavy atom. The van der Waals surface area contributed by atoms with Crippen molar-refractivity contribution in [1.82, 2.24) is 0 Å². The second-order valence-electron chi connectivity index (χ2n) is 4.64. The van der Waals surface area contributed by atoms with Gasteiger partial charge in [0.15, 0.2) is 15.6 Å². The monoisotopic (exact) mass is 376 g/mol. The van der Waals surface area contributed by atoms with Crippen LogP contribution in [0.5, 0.6) is 11.5 Å². The van der Waals surface area contributed by atoms with E-state index in [-0.39, 0.29) is 46.6 Å². The van der Waals surface area contributed by atoms with Crippen LogP contribution in [0.1, 0.15) is 27.6 Å². The molecule has 1 aliphatic rings. The van der Waals surface area contributed by atoms with Crippen LogP contribution in [0.2, 0.25) is 5.02 Å². The number of thioether (sulfide) groups is 2. The number of carbonyl (C=O) groups excluding carboxylic acids is 2. The molecule has 0 N–H and O–H groups in total. The maximum atomic E-state index is 13.1. The van der Waals surface area contributed by atoms with E-state index in [4.69, 9.17) is 25.8 Å². The number of ketones is 1. The second-order valence-corrected chi connectivity index (χ2v) is 7.52. The molecule has 0 spiro atoms. The Morgan fingerprint density at radius 3 is 2.61 bits per heavy atom. The molecule has 0 radical (unpaired) electrons. The van der Waals surface area contributed by atoms with Gasteiger partial charge in [0.25, 0.3) is 0 Å². The van der Waals surface area contributed by atoms with Crippen LogP contribution < -0.4 is 9.47 Å². The SMILES string of the molecule is CCOC(=O)c1cc(Cl)c2c(c1OC)C(=O)C(SC)(SC)CO2. The molecule has 0 aliphatic carbocycles. The quantitative estimate of drug-likeness (QED) is 0.575. The Morgan fingerprint density at radius 1 is 1.43 bits per heavy atom. The van der Waals surface area contributed by atoms with Gasteiger partial charge in [-0.1, -0.05) is 11.6 Å². The van der Waals surface area contributed by atoms with Gasteiger partial charge in [-0.05, 0) is 25.5 Å². The number of fused-ring (bicyclic) bond motifs is 1. The summed E-state index contributed by atoms with van der Waals surface area (Å²) in [5.74, 6) is -0.379. The molecule has 0 aromatic heterocycles. The zero-order chi connectivity index (χ0) is 17.2. The van der Waals surface area contributed by atoms with E-state index < -0.39 is 10.0 Å². The fraction of sp³-hybridized carbons (Fsp3) is 0.467. The number of halogens is 1. The third kappa shape index (κ3) is 3.02. The summed E-state index contributed by atoms with van der Waals surface area (Å²) in [7, 11) is 1.40. The molecule has 2 rings (SSSR count). The first-order valence-corrected chi connectivity index (χ1v) is 9.64. The van der Waals surface area contributed by atoms with Gasteiger partial charge in [0.2, 0.25) is 0 Å². The van der Waals surface area contributed by atoms with Crippen LogP contribution in [0.15, 0.2) is 6.07 Å². The van der Waals surface area contributed by atoms with E-state index in [0.29, 0.717) is 0 Å². The Balaban J connectivity index is 2.69. The number of ether oxygens (including phenoxy) is 3. The molecule has 0 fully saturated rings. The van der Waals surface area contributed by atoms with E-state index in [9.17, 15) is 9.59 Å². The van der Waals surface area contributed by atoms with Gasteiger partial charge in [-0.25, -0.2) is 4.79 Å². The van der Waals surface area contributed by atoms with Crippen molar-refractivity contribution >= 4 is 46.9 Å². The summed E-state index contributed by atoms with van der Waals surface area (Å²) < 4.78 is 15.3. The molecular weight excluding hydrogens is 360 g/mol. The van der Waals surface area contributed by atoms with Gasteiger partial charge >= 0.3 is 5.97 Å². The lowest BCUT2D eigenvalue weighted by atomic mass is 9.99. The Bertz CT molecular complexity index is 643. The molecule has 1 heterocycles. The van der Waals surface area contributed by atoms with Gasteiger partial charge in [0.1, 0.15) is 23.5 Å². The lowest BCUT2D eigenvalue weighted by Gasteiger charge is -2.34. The molecule has 8 heteroatoms. The van der Waals surface area contributed by atoms with E-state index in [1.54, 1.807) is 6.92 Å². The van der Waals surface area contributed by atoms with Crippen molar-refractivity contribution in [2.75, 3.05) is 32.8 Å². The first-order valence-electron chi connectivity index (χ1n) is 6.81. The molecule has 23 heavy (non-hydrogen) atoms. The minimum absolute atomic E-state index is 0.119. The van der Waals surface area contributed by atoms with Crippen LogP contribution in [0.4, 0.5) is 0 Å². The van der Waals surface area contributed by atoms with Crippen LogP contribution in [0, 0.1) is 0 Å². The molecule has 126 valence electrons. The Labute approximate surface area is 148 Å². The fourth-order valence-corrected chi connectivity index (χ4v) is 4.20. The number of carbonyl (C=O) groups is 2. The molecule has 0 saturated carbocycles. The zero-order valence-corrected chi connectivity index (χ0v) is 15.6. The molecule has 1 aliphatic heterocycles. The molecule has 0 amide bonds. The topological polar surface area (TPSA) is 61.8 Å². The maximum Gasteiger partial charge on any atom is 0.341 e. The van der Waals surface area contributed by atoms with Crippen molar-refractivity contribution in [2.45, 2.75) is 11.0 Å². The van der Waals surface area contributed by atoms with Crippen molar-refractivity contribution in [3.05, 3.63) is 22.2 Å². The number of rotatable bonds is 5. The van der Waals surface area contributed by atoms with Crippen LogP contribution in [0.3, 0.4) is 0 Å². The number of Topliss-reactive ketones (excluding diaryl/α,β-unsaturated/α-hetero) is 1. The smallest absolute Gasteiger partial charge is 0.341 e. The average Bonchev–Trinajstić information content (AvgIpc) is 2.56. The molecule has 0 saturated heterocycles. The average molecular weight is 377 g/mol. The number of hydrogen-bond donors (Lipinski definition) is 0. The Kier molecular flexibility index (Phi) is 5.75. The minimum Gasteiger partial charge on any atom is -0.495 e. The van der Waals surface area contributed by atoms with Gasteiger partial charge in [0, 0.05) is 0 Å². The predicted octanol–water partition coefficient (Wildman–Crippen LogP) is 3.52. The highest BCUT2D eigenvalue weighted by Crippen LogP contribution is 2.49. The minimum atomic E-state index is -0.795. The van der Waals surface area contributed by atoms with Crippen LogP contribution >= 0.6 is 35.1 Å². The number of esters is 1. The summed E-state index contributed by atoms with van der Waals surface area (Å²) in [5, 5.41) is 0.188. The predicted molar refractivity (Wildman–Crippen MR) is 93.5 cm³/mol. The summed E-state index contributed by atoms with van der Waals surface area (Å²) in [6.07, 6.45) is 3.68. The van der Waals surface area contributed by atoms with Crippen LogP contribution in [0.25, 0.3) is 0 Å². The maximum absolute atomic E-state index is 13.1. The summed E-state index contributed by atoms with van der Waals surface area (Å²) in [6.45, 7) is 2.11. The Hall–Kier alpha value is -1.05. The summed E-state index contributed by atoms with van der Waals surface area (Å²) in [4.78, 5) is 25.2. The summed E-state index contributed by atoms with van der Waals surface area (Å²) >= 11 is 8.99. The van der Waals surface area contributed by atoms with E-state index in [0.717, 1.165) is 0 Å². The summed E-state index contributed by atoms with van der Waals surface area (Å²) in [6, 6.07) is 1.41. The van der Waals surface area contributed by atoms with Gasteiger partial charge in [-0.2, -0.15) is 0 Å². The van der Waals surface area contributed by atoms with Crippen molar-refractivity contribution in [1.29, 1.82) is 0 Å². The van der Waals surface area contributed by atoms with Crippen molar-refractivity contribution in [3.63, 3.8) is 0 Å². The molecule has 1 aromatic rings. The third-order valence-electron chi connectivity index (χ3n) is 3.53. The van der Waals surface area contributed by atoms with E-state index in [1.165, 1.54) is 36.7 Å². The number of methoxy groups -OCH3 is 1. The summed E-state index contributed by atoms with van der Waals surface area (Å²) in [5.41, 5.74) is 0.311. The highest BCUT2D eigenvalue weighted by Gasteiger charge is 2.46. The highest BCUT2D eigenvalue weighted by atomic mass is 35.5. The van der Waals surface area contributed by atoms with E-state index in [1.807, 2.05) is 12.5 Å². The fourth-order valence-electron chi connectivity index (χ4n) is 2.34. The van der Waals surface area contributed by atoms with Crippen LogP contribution in [-0.4, -0.2) is 48.7 Å². The third-order valence-corrected chi connectivity index (χ3v) is 6.73. The highest BCUT2D eigenvalue weighted by molar-refractivity contribution is 8.18.